The van der Waals surface area contributed by atoms with Gasteiger partial charge in [-0.25, -0.2) is 0 Å². The number of nitrogens with one attached hydrogen (secondary N) is 2. The van der Waals surface area contributed by atoms with Gasteiger partial charge in [0.25, 0.3) is 0 Å². The van der Waals surface area contributed by atoms with Gasteiger partial charge in [0.15, 0.2) is 0 Å². The molecule has 1 spiro atoms. The van der Waals surface area contributed by atoms with Crippen LogP contribution in [0.3, 0.4) is 0 Å². The highest BCUT2D eigenvalue weighted by molar-refractivity contribution is 6.06. The van der Waals surface area contributed by atoms with Gasteiger partial charge in [-0.3, -0.25) is 9.78 Å². The van der Waals surface area contributed by atoms with Crippen LogP contribution >= 0.6 is 0 Å². The van der Waals surface area contributed by atoms with Gasteiger partial charge < -0.3 is 10.6 Å². The van der Waals surface area contributed by atoms with Crippen LogP contribution in [0.5, 0.6) is 0 Å². The van der Waals surface area contributed by atoms with Crippen molar-refractivity contribution in [1.29, 1.82) is 0 Å². The molecular formula is C11H13N3O. The van der Waals surface area contributed by atoms with Crippen molar-refractivity contribution in [3.63, 3.8) is 0 Å². The summed E-state index contributed by atoms with van der Waals surface area (Å²) in [6.45, 7) is 1.81. The largest absolute Gasteiger partial charge is 0.325 e. The summed E-state index contributed by atoms with van der Waals surface area (Å²) in [6.07, 6.45) is 5.30. The van der Waals surface area contributed by atoms with Crippen LogP contribution in [-0.4, -0.2) is 24.0 Å². The third kappa shape index (κ3) is 1.11. The predicted molar refractivity (Wildman–Crippen MR) is 56.6 cm³/mol. The highest BCUT2D eigenvalue weighted by Gasteiger charge is 2.47. The van der Waals surface area contributed by atoms with E-state index in [4.69, 9.17) is 0 Å². The Labute approximate surface area is 88.1 Å². The number of pyridine rings is 1. The van der Waals surface area contributed by atoms with Gasteiger partial charge >= 0.3 is 0 Å². The monoisotopic (exact) mass is 203 g/mol. The van der Waals surface area contributed by atoms with Crippen molar-refractivity contribution < 1.29 is 4.79 Å². The summed E-state index contributed by atoms with van der Waals surface area (Å²) in [5.41, 5.74) is 1.71. The van der Waals surface area contributed by atoms with Crippen molar-refractivity contribution >= 4 is 11.6 Å². The van der Waals surface area contributed by atoms with E-state index in [1.54, 1.807) is 6.20 Å². The molecule has 0 aromatic carbocycles. The molecule has 0 atom stereocenters. The molecule has 4 heteroatoms. The first kappa shape index (κ1) is 8.85. The van der Waals surface area contributed by atoms with E-state index in [1.165, 1.54) is 0 Å². The Bertz CT molecular complexity index is 410. The number of hydrogen-bond acceptors (Lipinski definition) is 3. The molecule has 0 aliphatic carbocycles. The van der Waals surface area contributed by atoms with Crippen LogP contribution in [0.2, 0.25) is 0 Å². The highest BCUT2D eigenvalue weighted by Crippen LogP contribution is 2.42. The maximum Gasteiger partial charge on any atom is 0.235 e. The Morgan fingerprint density at radius 3 is 2.93 bits per heavy atom. The number of hydrogen-bond donors (Lipinski definition) is 2. The SMILES string of the molecule is O=C1Nc2ccncc2C12CCNCC2. The maximum absolute atomic E-state index is 12.0. The summed E-state index contributed by atoms with van der Waals surface area (Å²) in [4.78, 5) is 16.2. The minimum atomic E-state index is -0.311. The summed E-state index contributed by atoms with van der Waals surface area (Å²) < 4.78 is 0. The lowest BCUT2D eigenvalue weighted by Gasteiger charge is -2.31. The number of nitrogens with zero attached hydrogens (tertiary/aromatic N) is 1. The molecule has 0 bridgehead atoms. The van der Waals surface area contributed by atoms with Crippen molar-refractivity contribution in [2.24, 2.45) is 0 Å². The minimum absolute atomic E-state index is 0.145. The second-order valence-electron chi connectivity index (χ2n) is 4.21. The van der Waals surface area contributed by atoms with Gasteiger partial charge in [0, 0.05) is 23.6 Å². The Hall–Kier alpha value is -1.42. The summed E-state index contributed by atoms with van der Waals surface area (Å²) >= 11 is 0. The molecule has 15 heavy (non-hydrogen) atoms. The van der Waals surface area contributed by atoms with E-state index in [2.05, 4.69) is 15.6 Å². The molecule has 1 fully saturated rings. The molecule has 3 rings (SSSR count). The van der Waals surface area contributed by atoms with E-state index in [1.807, 2.05) is 12.3 Å². The first-order valence-corrected chi connectivity index (χ1v) is 5.30. The fourth-order valence-electron chi connectivity index (χ4n) is 2.60. The molecule has 1 amide bonds. The number of fused-ring (bicyclic) bond motifs is 2. The van der Waals surface area contributed by atoms with Crippen molar-refractivity contribution in [3.05, 3.63) is 24.0 Å². The highest BCUT2D eigenvalue weighted by atomic mass is 16.2. The van der Waals surface area contributed by atoms with Gasteiger partial charge in [-0.15, -0.1) is 0 Å². The van der Waals surface area contributed by atoms with E-state index in [0.29, 0.717) is 0 Å². The van der Waals surface area contributed by atoms with Crippen molar-refractivity contribution in [2.45, 2.75) is 18.3 Å². The Kier molecular flexibility index (Phi) is 1.79. The molecule has 1 saturated heterocycles. The summed E-state index contributed by atoms with van der Waals surface area (Å²) in [6, 6.07) is 1.88. The standard InChI is InChI=1S/C11H13N3O/c15-10-11(2-5-12-6-3-11)8-7-13-4-1-9(8)14-10/h1,4,7,12H,2-3,5-6H2,(H,14,15). The Balaban J connectivity index is 2.11. The normalized spacial score (nSPS) is 22.5. The van der Waals surface area contributed by atoms with Gasteiger partial charge in [-0.2, -0.15) is 0 Å². The Morgan fingerprint density at radius 1 is 1.33 bits per heavy atom. The molecule has 2 aliphatic heterocycles. The number of amides is 1. The van der Waals surface area contributed by atoms with Crippen LogP contribution in [0, 0.1) is 0 Å². The number of carbonyl (C=O) groups excluding carboxylic acids is 1. The van der Waals surface area contributed by atoms with Gasteiger partial charge in [0.2, 0.25) is 5.91 Å². The van der Waals surface area contributed by atoms with Gasteiger partial charge in [0.05, 0.1) is 5.41 Å². The average molecular weight is 203 g/mol. The molecule has 0 saturated carbocycles. The number of carbonyl (C=O) groups is 1. The molecule has 2 aliphatic rings. The number of rotatable bonds is 0. The van der Waals surface area contributed by atoms with E-state index in [9.17, 15) is 4.79 Å². The lowest BCUT2D eigenvalue weighted by molar-refractivity contribution is -0.121. The molecular weight excluding hydrogens is 190 g/mol. The van der Waals surface area contributed by atoms with Crippen molar-refractivity contribution in [3.8, 4) is 0 Å². The van der Waals surface area contributed by atoms with Crippen LogP contribution < -0.4 is 10.6 Å². The third-order valence-electron chi connectivity index (χ3n) is 3.48. The van der Waals surface area contributed by atoms with Crippen LogP contribution in [-0.2, 0) is 10.2 Å². The van der Waals surface area contributed by atoms with Crippen molar-refractivity contribution in [1.82, 2.24) is 10.3 Å². The first-order valence-electron chi connectivity index (χ1n) is 5.30. The average Bonchev–Trinajstić information content (AvgIpc) is 2.55. The van der Waals surface area contributed by atoms with Crippen molar-refractivity contribution in [2.75, 3.05) is 18.4 Å². The number of aromatic nitrogens is 1. The van der Waals surface area contributed by atoms with Gasteiger partial charge in [-0.05, 0) is 32.0 Å². The topological polar surface area (TPSA) is 54.0 Å². The van der Waals surface area contributed by atoms with E-state index in [0.717, 1.165) is 37.2 Å². The molecule has 3 heterocycles. The minimum Gasteiger partial charge on any atom is -0.325 e. The summed E-state index contributed by atoms with van der Waals surface area (Å²) in [7, 11) is 0. The van der Waals surface area contributed by atoms with Crippen LogP contribution in [0.25, 0.3) is 0 Å². The first-order chi connectivity index (χ1) is 7.33. The van der Waals surface area contributed by atoms with E-state index < -0.39 is 0 Å². The molecule has 2 N–H and O–H groups in total. The van der Waals surface area contributed by atoms with Gasteiger partial charge in [-0.1, -0.05) is 0 Å². The predicted octanol–water partition coefficient (Wildman–Crippen LogP) is 0.655. The second-order valence-corrected chi connectivity index (χ2v) is 4.21. The maximum atomic E-state index is 12.0. The summed E-state index contributed by atoms with van der Waals surface area (Å²) in [5, 5.41) is 6.24. The fourth-order valence-corrected chi connectivity index (χ4v) is 2.60. The molecule has 0 radical (unpaired) electrons. The zero-order valence-corrected chi connectivity index (χ0v) is 8.42. The molecule has 1 aromatic heterocycles. The van der Waals surface area contributed by atoms with Crippen LogP contribution in [0.15, 0.2) is 18.5 Å². The zero-order chi connectivity index (χ0) is 10.3. The molecule has 4 nitrogen and oxygen atoms in total. The van der Waals surface area contributed by atoms with Gasteiger partial charge in [0.1, 0.15) is 0 Å². The smallest absolute Gasteiger partial charge is 0.235 e. The third-order valence-corrected chi connectivity index (χ3v) is 3.48. The van der Waals surface area contributed by atoms with E-state index in [-0.39, 0.29) is 11.3 Å². The lowest BCUT2D eigenvalue weighted by atomic mass is 9.75. The molecule has 78 valence electrons. The zero-order valence-electron chi connectivity index (χ0n) is 8.42. The molecule has 0 unspecified atom stereocenters. The lowest BCUT2D eigenvalue weighted by Crippen LogP contribution is -2.44. The molecule has 1 aromatic rings. The number of piperidine rings is 1. The van der Waals surface area contributed by atoms with Crippen LogP contribution in [0.4, 0.5) is 5.69 Å². The van der Waals surface area contributed by atoms with Crippen LogP contribution in [0.1, 0.15) is 18.4 Å². The number of anilines is 1. The second kappa shape index (κ2) is 3.03. The quantitative estimate of drug-likeness (QED) is 0.651. The summed E-state index contributed by atoms with van der Waals surface area (Å²) in [5.74, 6) is 0.145. The fraction of sp³-hybridized carbons (Fsp3) is 0.455. The Morgan fingerprint density at radius 2 is 2.13 bits per heavy atom. The van der Waals surface area contributed by atoms with E-state index >= 15 is 0 Å².